The predicted molar refractivity (Wildman–Crippen MR) is 141 cm³/mol. The summed E-state index contributed by atoms with van der Waals surface area (Å²) in [6, 6.07) is 7.77. The van der Waals surface area contributed by atoms with Crippen LogP contribution in [0.2, 0.25) is 0 Å². The molecular weight excluding hydrogens is 438 g/mol. The van der Waals surface area contributed by atoms with E-state index < -0.39 is 0 Å². The van der Waals surface area contributed by atoms with Gasteiger partial charge in [0, 0.05) is 57.3 Å². The Labute approximate surface area is 210 Å². The van der Waals surface area contributed by atoms with E-state index in [4.69, 9.17) is 19.4 Å². The highest BCUT2D eigenvalue weighted by atomic mass is 16.5. The van der Waals surface area contributed by atoms with E-state index in [-0.39, 0.29) is 0 Å². The van der Waals surface area contributed by atoms with Gasteiger partial charge in [-0.05, 0) is 87.6 Å². The number of aryl methyl sites for hydroxylation is 2. The van der Waals surface area contributed by atoms with Crippen LogP contribution in [0.3, 0.4) is 0 Å². The molecule has 3 heterocycles. The monoisotopic (exact) mass is 479 g/mol. The number of methoxy groups -OCH3 is 1. The number of hydrogen-bond acceptors (Lipinski definition) is 7. The summed E-state index contributed by atoms with van der Waals surface area (Å²) in [6.45, 7) is 4.53. The first-order valence-electron chi connectivity index (χ1n) is 13.5. The third-order valence-electron chi connectivity index (χ3n) is 8.12. The van der Waals surface area contributed by atoms with Gasteiger partial charge in [0.05, 0.1) is 12.3 Å². The second-order valence-electron chi connectivity index (χ2n) is 10.5. The number of hydrogen-bond donors (Lipinski definition) is 2. The summed E-state index contributed by atoms with van der Waals surface area (Å²) < 4.78 is 10.7. The summed E-state index contributed by atoms with van der Waals surface area (Å²) >= 11 is 0. The van der Waals surface area contributed by atoms with Crippen LogP contribution in [0, 0.1) is 5.92 Å². The van der Waals surface area contributed by atoms with E-state index in [0.29, 0.717) is 18.0 Å². The molecule has 2 fully saturated rings. The molecule has 0 unspecified atom stereocenters. The number of nitrogens with zero attached hydrogens (tertiary/aromatic N) is 3. The van der Waals surface area contributed by atoms with Gasteiger partial charge in [-0.2, -0.15) is 0 Å². The van der Waals surface area contributed by atoms with Crippen molar-refractivity contribution in [3.63, 3.8) is 0 Å². The van der Waals surface area contributed by atoms with Crippen LogP contribution in [0.1, 0.15) is 49.7 Å². The Bertz CT molecular complexity index is 970. The number of pyridine rings is 2. The van der Waals surface area contributed by atoms with Gasteiger partial charge in [0.25, 0.3) is 0 Å². The van der Waals surface area contributed by atoms with Gasteiger partial charge in [0.15, 0.2) is 0 Å². The summed E-state index contributed by atoms with van der Waals surface area (Å²) in [6.07, 6.45) is 11.2. The maximum absolute atomic E-state index is 5.50. The Morgan fingerprint density at radius 1 is 1.03 bits per heavy atom. The molecule has 2 aromatic rings. The minimum Gasteiger partial charge on any atom is -0.383 e. The van der Waals surface area contributed by atoms with E-state index in [1.165, 1.54) is 42.4 Å². The average molecular weight is 480 g/mol. The summed E-state index contributed by atoms with van der Waals surface area (Å²) in [5.74, 6) is 2.63. The number of rotatable bonds is 9. The van der Waals surface area contributed by atoms with Crippen molar-refractivity contribution in [3.8, 4) is 11.3 Å². The summed E-state index contributed by atoms with van der Waals surface area (Å²) in [5, 5.41) is 7.33. The van der Waals surface area contributed by atoms with E-state index in [0.717, 1.165) is 75.9 Å². The molecule has 0 radical (unpaired) electrons. The largest absolute Gasteiger partial charge is 0.383 e. The van der Waals surface area contributed by atoms with Crippen molar-refractivity contribution in [3.05, 3.63) is 35.5 Å². The van der Waals surface area contributed by atoms with Crippen molar-refractivity contribution in [2.75, 3.05) is 57.7 Å². The fourth-order valence-corrected chi connectivity index (χ4v) is 5.76. The first kappa shape index (κ1) is 24.5. The van der Waals surface area contributed by atoms with Crippen LogP contribution in [0.4, 0.5) is 11.6 Å². The van der Waals surface area contributed by atoms with Crippen molar-refractivity contribution in [1.29, 1.82) is 0 Å². The minimum atomic E-state index is 0.483. The van der Waals surface area contributed by atoms with Gasteiger partial charge in [-0.3, -0.25) is 0 Å². The van der Waals surface area contributed by atoms with Crippen LogP contribution >= 0.6 is 0 Å². The van der Waals surface area contributed by atoms with Crippen LogP contribution in [-0.2, 0) is 22.3 Å². The lowest BCUT2D eigenvalue weighted by Crippen LogP contribution is -2.39. The lowest BCUT2D eigenvalue weighted by molar-refractivity contribution is 0.0699. The van der Waals surface area contributed by atoms with Gasteiger partial charge in [-0.15, -0.1) is 0 Å². The Hall–Kier alpha value is -2.22. The molecule has 1 aliphatic heterocycles. The normalized spacial score (nSPS) is 22.5. The van der Waals surface area contributed by atoms with Gasteiger partial charge >= 0.3 is 0 Å². The molecule has 0 atom stereocenters. The van der Waals surface area contributed by atoms with Crippen LogP contribution < -0.4 is 10.6 Å². The van der Waals surface area contributed by atoms with Crippen LogP contribution in [0.25, 0.3) is 11.3 Å². The zero-order valence-electron chi connectivity index (χ0n) is 21.4. The molecule has 7 nitrogen and oxygen atoms in total. The van der Waals surface area contributed by atoms with Crippen LogP contribution in [0.5, 0.6) is 0 Å². The number of fused-ring (bicyclic) bond motifs is 3. The highest BCUT2D eigenvalue weighted by Gasteiger charge is 2.25. The molecule has 0 amide bonds. The molecule has 35 heavy (non-hydrogen) atoms. The lowest BCUT2D eigenvalue weighted by Gasteiger charge is -2.35. The van der Waals surface area contributed by atoms with Gasteiger partial charge in [-0.1, -0.05) is 6.07 Å². The van der Waals surface area contributed by atoms with Gasteiger partial charge in [-0.25, -0.2) is 9.97 Å². The zero-order valence-corrected chi connectivity index (χ0v) is 21.4. The van der Waals surface area contributed by atoms with Crippen LogP contribution in [0.15, 0.2) is 24.4 Å². The van der Waals surface area contributed by atoms with Gasteiger partial charge in [0.2, 0.25) is 0 Å². The van der Waals surface area contributed by atoms with E-state index in [1.807, 2.05) is 0 Å². The Morgan fingerprint density at radius 2 is 1.83 bits per heavy atom. The number of aromatic nitrogens is 2. The Kier molecular flexibility index (Phi) is 8.16. The highest BCUT2D eigenvalue weighted by molar-refractivity contribution is 5.73. The van der Waals surface area contributed by atoms with E-state index in [2.05, 4.69) is 47.0 Å². The molecule has 0 aromatic carbocycles. The SMILES string of the molecule is COCCN(C)[C@H]1CC[C@H](Nc2cc3c(cn2)CCc2ccc(NCC4CCOCC4)nc2-3)CC1. The predicted octanol–water partition coefficient (Wildman–Crippen LogP) is 4.38. The van der Waals surface area contributed by atoms with Crippen molar-refractivity contribution < 1.29 is 9.47 Å². The Morgan fingerprint density at radius 3 is 2.63 bits per heavy atom. The van der Waals surface area contributed by atoms with Crippen molar-refractivity contribution in [1.82, 2.24) is 14.9 Å². The molecule has 3 aliphatic rings. The van der Waals surface area contributed by atoms with Gasteiger partial charge < -0.3 is 25.0 Å². The summed E-state index contributed by atoms with van der Waals surface area (Å²) in [4.78, 5) is 12.3. The molecule has 1 saturated heterocycles. The fraction of sp³-hybridized carbons (Fsp3) is 0.643. The first-order valence-corrected chi connectivity index (χ1v) is 13.5. The van der Waals surface area contributed by atoms with Gasteiger partial charge in [0.1, 0.15) is 11.6 Å². The average Bonchev–Trinajstić information content (AvgIpc) is 2.91. The van der Waals surface area contributed by atoms with E-state index >= 15 is 0 Å². The molecule has 2 N–H and O–H groups in total. The standard InChI is InChI=1S/C28H41N5O2/c1-33(13-16-34-2)24-8-6-23(7-9-24)31-27-17-25-22(19-30-27)4-3-21-5-10-26(32-28(21)25)29-18-20-11-14-35-15-12-20/h5,10,17,19-20,23-24H,3-4,6-9,11-16,18H2,1-2H3,(H,29,32)(H,30,31)/t23-,24-. The third-order valence-corrected chi connectivity index (χ3v) is 8.12. The fourth-order valence-electron chi connectivity index (χ4n) is 5.76. The number of anilines is 2. The molecule has 7 heteroatoms. The van der Waals surface area contributed by atoms with E-state index in [1.54, 1.807) is 7.11 Å². The quantitative estimate of drug-likeness (QED) is 0.553. The molecule has 2 aromatic heterocycles. The third kappa shape index (κ3) is 6.13. The summed E-state index contributed by atoms with van der Waals surface area (Å²) in [5.41, 5.74) is 5.01. The summed E-state index contributed by atoms with van der Waals surface area (Å²) in [7, 11) is 4.00. The van der Waals surface area contributed by atoms with E-state index in [9.17, 15) is 0 Å². The number of ether oxygens (including phenoxy) is 2. The molecule has 0 spiro atoms. The Balaban J connectivity index is 1.22. The molecule has 190 valence electrons. The molecule has 0 bridgehead atoms. The number of nitrogens with one attached hydrogen (secondary N) is 2. The first-order chi connectivity index (χ1) is 17.2. The molecule has 5 rings (SSSR count). The van der Waals surface area contributed by atoms with Crippen molar-refractivity contribution in [2.45, 2.75) is 63.5 Å². The molecule has 1 saturated carbocycles. The minimum absolute atomic E-state index is 0.483. The highest BCUT2D eigenvalue weighted by Crippen LogP contribution is 2.35. The topological polar surface area (TPSA) is 71.5 Å². The molecule has 2 aliphatic carbocycles. The zero-order chi connectivity index (χ0) is 24.0. The maximum Gasteiger partial charge on any atom is 0.126 e. The van der Waals surface area contributed by atoms with Crippen LogP contribution in [-0.4, -0.2) is 74.0 Å². The maximum atomic E-state index is 5.50. The lowest BCUT2D eigenvalue weighted by atomic mass is 9.89. The smallest absolute Gasteiger partial charge is 0.126 e. The molecular formula is C28H41N5O2. The second kappa shape index (κ2) is 11.7. The number of likely N-dealkylation sites (N-methyl/N-ethyl adjacent to an activating group) is 1. The van der Waals surface area contributed by atoms with Crippen molar-refractivity contribution in [2.24, 2.45) is 5.92 Å². The van der Waals surface area contributed by atoms with Crippen molar-refractivity contribution >= 4 is 11.6 Å². The second-order valence-corrected chi connectivity index (χ2v) is 10.5.